The van der Waals surface area contributed by atoms with Gasteiger partial charge in [0.25, 0.3) is 0 Å². The lowest BCUT2D eigenvalue weighted by molar-refractivity contribution is -0.139. The van der Waals surface area contributed by atoms with Crippen molar-refractivity contribution in [1.29, 1.82) is 0 Å². The maximum atomic E-state index is 10.5. The zero-order chi connectivity index (χ0) is 15.4. The Kier molecular flexibility index (Phi) is 4.48. The average Bonchev–Trinajstić information content (AvgIpc) is 2.42. The molecule has 0 bridgehead atoms. The summed E-state index contributed by atoms with van der Waals surface area (Å²) in [6.07, 6.45) is 0.817. The largest absolute Gasteiger partial charge is 0.482 e. The van der Waals surface area contributed by atoms with E-state index in [1.54, 1.807) is 0 Å². The van der Waals surface area contributed by atoms with Gasteiger partial charge in [0.2, 0.25) is 0 Å². The molecule has 0 unspecified atom stereocenters. The summed E-state index contributed by atoms with van der Waals surface area (Å²) in [5.41, 5.74) is 11.0. The first-order chi connectivity index (χ1) is 9.95. The standard InChI is InChI=1S/C17H19NO3/c1-11-7-15(21-10-17(19)20)8-12(2)16(11)9-13-3-5-14(18)6-4-13/h3-8H,9-10,18H2,1-2H3,(H,19,20). The summed E-state index contributed by atoms with van der Waals surface area (Å²) in [6.45, 7) is 3.69. The van der Waals surface area contributed by atoms with Crippen molar-refractivity contribution in [3.8, 4) is 5.75 Å². The van der Waals surface area contributed by atoms with Gasteiger partial charge in [-0.1, -0.05) is 12.1 Å². The summed E-state index contributed by atoms with van der Waals surface area (Å²) in [5.74, 6) is -0.385. The van der Waals surface area contributed by atoms with Crippen molar-refractivity contribution in [1.82, 2.24) is 0 Å². The zero-order valence-electron chi connectivity index (χ0n) is 12.2. The Labute approximate surface area is 124 Å². The molecule has 21 heavy (non-hydrogen) atoms. The number of ether oxygens (including phenoxy) is 1. The molecule has 0 spiro atoms. The predicted molar refractivity (Wildman–Crippen MR) is 82.7 cm³/mol. The SMILES string of the molecule is Cc1cc(OCC(=O)O)cc(C)c1Cc1ccc(N)cc1. The van der Waals surface area contributed by atoms with Gasteiger partial charge >= 0.3 is 5.97 Å². The van der Waals surface area contributed by atoms with Crippen LogP contribution >= 0.6 is 0 Å². The summed E-state index contributed by atoms with van der Waals surface area (Å²) in [5, 5.41) is 8.65. The Morgan fingerprint density at radius 1 is 1.14 bits per heavy atom. The first-order valence-electron chi connectivity index (χ1n) is 6.75. The van der Waals surface area contributed by atoms with Crippen LogP contribution in [0.5, 0.6) is 5.75 Å². The number of aryl methyl sites for hydroxylation is 2. The summed E-state index contributed by atoms with van der Waals surface area (Å²) in [6, 6.07) is 11.6. The van der Waals surface area contributed by atoms with Gasteiger partial charge in [-0.2, -0.15) is 0 Å². The van der Waals surface area contributed by atoms with Crippen LogP contribution in [0.4, 0.5) is 5.69 Å². The number of nitrogen functional groups attached to an aromatic ring is 1. The van der Waals surface area contributed by atoms with E-state index in [2.05, 4.69) is 0 Å². The number of hydrogen-bond acceptors (Lipinski definition) is 3. The highest BCUT2D eigenvalue weighted by atomic mass is 16.5. The molecule has 4 nitrogen and oxygen atoms in total. The quantitative estimate of drug-likeness (QED) is 0.828. The summed E-state index contributed by atoms with van der Waals surface area (Å²) < 4.78 is 5.23. The van der Waals surface area contributed by atoms with E-state index in [-0.39, 0.29) is 6.61 Å². The van der Waals surface area contributed by atoms with E-state index in [0.717, 1.165) is 23.2 Å². The molecule has 0 aliphatic carbocycles. The van der Waals surface area contributed by atoms with E-state index in [0.29, 0.717) is 5.75 Å². The van der Waals surface area contributed by atoms with Gasteiger partial charge in [0.15, 0.2) is 6.61 Å². The number of hydrogen-bond donors (Lipinski definition) is 2. The first-order valence-corrected chi connectivity index (χ1v) is 6.75. The second-order valence-corrected chi connectivity index (χ2v) is 5.14. The average molecular weight is 285 g/mol. The predicted octanol–water partition coefficient (Wildman–Crippen LogP) is 2.94. The number of benzene rings is 2. The van der Waals surface area contributed by atoms with E-state index < -0.39 is 5.97 Å². The number of nitrogens with two attached hydrogens (primary N) is 1. The molecule has 2 aromatic rings. The second kappa shape index (κ2) is 6.31. The molecule has 0 atom stereocenters. The zero-order valence-corrected chi connectivity index (χ0v) is 12.2. The molecule has 0 aliphatic rings. The van der Waals surface area contributed by atoms with E-state index in [1.807, 2.05) is 50.2 Å². The van der Waals surface area contributed by atoms with E-state index in [4.69, 9.17) is 15.6 Å². The lowest BCUT2D eigenvalue weighted by Gasteiger charge is -2.13. The fourth-order valence-electron chi connectivity index (χ4n) is 2.30. The highest BCUT2D eigenvalue weighted by molar-refractivity contribution is 5.68. The van der Waals surface area contributed by atoms with Crippen molar-refractivity contribution in [2.75, 3.05) is 12.3 Å². The molecule has 0 fully saturated rings. The number of carboxylic acid groups (broad SMARTS) is 1. The number of carboxylic acids is 1. The van der Waals surface area contributed by atoms with E-state index >= 15 is 0 Å². The molecule has 0 amide bonds. The maximum absolute atomic E-state index is 10.5. The van der Waals surface area contributed by atoms with E-state index in [1.165, 1.54) is 11.1 Å². The normalized spacial score (nSPS) is 10.4. The number of rotatable bonds is 5. The van der Waals surface area contributed by atoms with Crippen LogP contribution in [0.3, 0.4) is 0 Å². The number of carbonyl (C=O) groups is 1. The smallest absolute Gasteiger partial charge is 0.341 e. The third kappa shape index (κ3) is 3.99. The number of anilines is 1. The summed E-state index contributed by atoms with van der Waals surface area (Å²) in [4.78, 5) is 10.5. The summed E-state index contributed by atoms with van der Waals surface area (Å²) >= 11 is 0. The highest BCUT2D eigenvalue weighted by Gasteiger charge is 2.08. The molecule has 110 valence electrons. The van der Waals surface area contributed by atoms with E-state index in [9.17, 15) is 4.79 Å². The van der Waals surface area contributed by atoms with Gasteiger partial charge in [0.05, 0.1) is 0 Å². The molecule has 0 heterocycles. The Hall–Kier alpha value is -2.49. The molecule has 3 N–H and O–H groups in total. The molecule has 2 aromatic carbocycles. The van der Waals surface area contributed by atoms with Gasteiger partial charge in [0.1, 0.15) is 5.75 Å². The fraction of sp³-hybridized carbons (Fsp3) is 0.235. The van der Waals surface area contributed by atoms with Gasteiger partial charge in [0, 0.05) is 5.69 Å². The minimum atomic E-state index is -0.976. The number of aliphatic carboxylic acids is 1. The minimum Gasteiger partial charge on any atom is -0.482 e. The van der Waals surface area contributed by atoms with Crippen LogP contribution in [0.25, 0.3) is 0 Å². The van der Waals surface area contributed by atoms with Crippen LogP contribution in [-0.2, 0) is 11.2 Å². The van der Waals surface area contributed by atoms with Crippen molar-refractivity contribution in [2.45, 2.75) is 20.3 Å². The Morgan fingerprint density at radius 2 is 1.71 bits per heavy atom. The second-order valence-electron chi connectivity index (χ2n) is 5.14. The van der Waals surface area contributed by atoms with Crippen molar-refractivity contribution < 1.29 is 14.6 Å². The van der Waals surface area contributed by atoms with Gasteiger partial charge in [-0.25, -0.2) is 4.79 Å². The molecule has 4 heteroatoms. The van der Waals surface area contributed by atoms with Gasteiger partial charge in [-0.15, -0.1) is 0 Å². The molecular weight excluding hydrogens is 266 g/mol. The van der Waals surface area contributed by atoms with Crippen molar-refractivity contribution in [3.05, 3.63) is 58.7 Å². The van der Waals surface area contributed by atoms with Crippen LogP contribution in [-0.4, -0.2) is 17.7 Å². The Bertz CT molecular complexity index is 625. The monoisotopic (exact) mass is 285 g/mol. The van der Waals surface area contributed by atoms with Crippen LogP contribution < -0.4 is 10.5 Å². The molecule has 0 saturated heterocycles. The topological polar surface area (TPSA) is 72.5 Å². The molecule has 0 radical (unpaired) electrons. The van der Waals surface area contributed by atoms with Gasteiger partial charge in [-0.3, -0.25) is 0 Å². The van der Waals surface area contributed by atoms with Crippen molar-refractivity contribution in [3.63, 3.8) is 0 Å². The third-order valence-corrected chi connectivity index (χ3v) is 3.39. The maximum Gasteiger partial charge on any atom is 0.341 e. The van der Waals surface area contributed by atoms with Crippen LogP contribution in [0.1, 0.15) is 22.3 Å². The Morgan fingerprint density at radius 3 is 2.24 bits per heavy atom. The first kappa shape index (κ1) is 14.9. The van der Waals surface area contributed by atoms with Crippen LogP contribution in [0.15, 0.2) is 36.4 Å². The van der Waals surface area contributed by atoms with Crippen LogP contribution in [0.2, 0.25) is 0 Å². The van der Waals surface area contributed by atoms with Crippen molar-refractivity contribution in [2.24, 2.45) is 0 Å². The van der Waals surface area contributed by atoms with Gasteiger partial charge in [-0.05, 0) is 66.8 Å². The molecule has 0 aliphatic heterocycles. The minimum absolute atomic E-state index is 0.323. The fourth-order valence-corrected chi connectivity index (χ4v) is 2.30. The van der Waals surface area contributed by atoms with Crippen LogP contribution in [0, 0.1) is 13.8 Å². The van der Waals surface area contributed by atoms with Gasteiger partial charge < -0.3 is 15.6 Å². The lowest BCUT2D eigenvalue weighted by atomic mass is 9.96. The summed E-state index contributed by atoms with van der Waals surface area (Å²) in [7, 11) is 0. The lowest BCUT2D eigenvalue weighted by Crippen LogP contribution is -2.10. The molecule has 0 saturated carbocycles. The third-order valence-electron chi connectivity index (χ3n) is 3.39. The molecule has 0 aromatic heterocycles. The Balaban J connectivity index is 2.20. The highest BCUT2D eigenvalue weighted by Crippen LogP contribution is 2.24. The van der Waals surface area contributed by atoms with Crippen molar-refractivity contribution >= 4 is 11.7 Å². The molecule has 2 rings (SSSR count). The molecular formula is C17H19NO3.